The molecule has 1 aromatic heterocycles. The van der Waals surface area contributed by atoms with E-state index in [9.17, 15) is 14.9 Å². The van der Waals surface area contributed by atoms with Crippen LogP contribution in [0.3, 0.4) is 0 Å². The zero-order valence-corrected chi connectivity index (χ0v) is 15.7. The van der Waals surface area contributed by atoms with Gasteiger partial charge in [-0.05, 0) is 18.7 Å². The normalized spacial score (nSPS) is 12.0. The molecule has 0 fully saturated rings. The number of aromatic nitrogens is 2. The molecule has 7 nitrogen and oxygen atoms in total. The topological polar surface area (TPSA) is 83.1 Å². The smallest absolute Gasteiger partial charge is 0.332 e. The van der Waals surface area contributed by atoms with Crippen molar-refractivity contribution in [1.82, 2.24) is 14.0 Å². The molecule has 2 aromatic rings. The summed E-state index contributed by atoms with van der Waals surface area (Å²) in [6.07, 6.45) is 0. The molecule has 0 spiro atoms. The lowest BCUT2D eigenvalue weighted by molar-refractivity contribution is 0.228. The van der Waals surface area contributed by atoms with Gasteiger partial charge in [0.05, 0.1) is 6.04 Å². The van der Waals surface area contributed by atoms with Crippen molar-refractivity contribution < 1.29 is 0 Å². The zero-order valence-electron chi connectivity index (χ0n) is 15.7. The molecule has 7 heteroatoms. The van der Waals surface area contributed by atoms with Gasteiger partial charge < -0.3 is 5.32 Å². The largest absolute Gasteiger partial charge is 0.368 e. The predicted molar refractivity (Wildman–Crippen MR) is 102 cm³/mol. The van der Waals surface area contributed by atoms with E-state index in [2.05, 4.69) is 36.2 Å². The van der Waals surface area contributed by atoms with Crippen molar-refractivity contribution in [3.8, 4) is 6.07 Å². The van der Waals surface area contributed by atoms with Gasteiger partial charge in [-0.3, -0.25) is 18.8 Å². The Morgan fingerprint density at radius 2 is 1.73 bits per heavy atom. The summed E-state index contributed by atoms with van der Waals surface area (Å²) in [6.45, 7) is 6.37. The van der Waals surface area contributed by atoms with Crippen LogP contribution in [0.25, 0.3) is 0 Å². The highest BCUT2D eigenvalue weighted by Gasteiger charge is 2.20. The van der Waals surface area contributed by atoms with E-state index in [1.165, 1.54) is 11.6 Å². The lowest BCUT2D eigenvalue weighted by Crippen LogP contribution is -2.41. The van der Waals surface area contributed by atoms with E-state index in [0.717, 1.165) is 23.2 Å². The highest BCUT2D eigenvalue weighted by atomic mass is 16.2. The number of nitrogens with one attached hydrogen (secondary N) is 1. The monoisotopic (exact) mass is 355 g/mol. The second kappa shape index (κ2) is 8.50. The van der Waals surface area contributed by atoms with Crippen molar-refractivity contribution >= 4 is 5.82 Å². The van der Waals surface area contributed by atoms with Crippen molar-refractivity contribution in [2.24, 2.45) is 14.1 Å². The average Bonchev–Trinajstić information content (AvgIpc) is 2.67. The van der Waals surface area contributed by atoms with E-state index in [0.29, 0.717) is 6.54 Å². The quantitative estimate of drug-likeness (QED) is 0.813. The third-order valence-electron chi connectivity index (χ3n) is 4.68. The van der Waals surface area contributed by atoms with Crippen LogP contribution >= 0.6 is 0 Å². The number of likely N-dealkylation sites (N-methyl/N-ethyl adjacent to an activating group) is 1. The molecule has 0 saturated heterocycles. The van der Waals surface area contributed by atoms with Crippen LogP contribution in [0.2, 0.25) is 0 Å². The lowest BCUT2D eigenvalue weighted by Gasteiger charge is -2.31. The zero-order chi connectivity index (χ0) is 19.3. The summed E-state index contributed by atoms with van der Waals surface area (Å²) in [4.78, 5) is 26.7. The SMILES string of the molecule is CCN(CC)[C@@H](CNc1c(C#N)c(=O)n(C)c(=O)n1C)c1ccccc1. The summed E-state index contributed by atoms with van der Waals surface area (Å²) >= 11 is 0. The van der Waals surface area contributed by atoms with Gasteiger partial charge in [-0.25, -0.2) is 4.79 Å². The lowest BCUT2D eigenvalue weighted by atomic mass is 10.0. The molecule has 1 heterocycles. The number of benzene rings is 1. The Kier molecular flexibility index (Phi) is 6.36. The summed E-state index contributed by atoms with van der Waals surface area (Å²) in [5, 5.41) is 12.6. The molecule has 0 aliphatic rings. The van der Waals surface area contributed by atoms with Crippen LogP contribution in [0.4, 0.5) is 5.82 Å². The van der Waals surface area contributed by atoms with Gasteiger partial charge in [-0.1, -0.05) is 44.2 Å². The predicted octanol–water partition coefficient (Wildman–Crippen LogP) is 1.45. The van der Waals surface area contributed by atoms with E-state index in [1.54, 1.807) is 7.05 Å². The Morgan fingerprint density at radius 3 is 2.27 bits per heavy atom. The molecular formula is C19H25N5O2. The van der Waals surface area contributed by atoms with Gasteiger partial charge in [0.2, 0.25) is 0 Å². The maximum atomic E-state index is 12.2. The first-order valence-corrected chi connectivity index (χ1v) is 8.69. The van der Waals surface area contributed by atoms with Crippen LogP contribution in [0.5, 0.6) is 0 Å². The third-order valence-corrected chi connectivity index (χ3v) is 4.68. The van der Waals surface area contributed by atoms with Crippen LogP contribution in [-0.4, -0.2) is 33.7 Å². The van der Waals surface area contributed by atoms with Crippen molar-refractivity contribution in [1.29, 1.82) is 5.26 Å². The minimum Gasteiger partial charge on any atom is -0.368 e. The minimum atomic E-state index is -0.586. The van der Waals surface area contributed by atoms with E-state index in [-0.39, 0.29) is 17.4 Å². The number of nitriles is 1. The van der Waals surface area contributed by atoms with E-state index < -0.39 is 11.2 Å². The Labute approximate surface area is 153 Å². The van der Waals surface area contributed by atoms with Crippen molar-refractivity contribution in [3.05, 3.63) is 62.3 Å². The number of nitrogens with zero attached hydrogens (tertiary/aromatic N) is 4. The van der Waals surface area contributed by atoms with Crippen molar-refractivity contribution in [2.75, 3.05) is 25.0 Å². The Balaban J connectivity index is 2.43. The van der Waals surface area contributed by atoms with Gasteiger partial charge >= 0.3 is 5.69 Å². The Bertz CT molecular complexity index is 904. The van der Waals surface area contributed by atoms with Gasteiger partial charge in [0, 0.05) is 20.6 Å². The summed E-state index contributed by atoms with van der Waals surface area (Å²) in [5.74, 6) is 0.258. The highest BCUT2D eigenvalue weighted by molar-refractivity contribution is 5.51. The molecule has 1 atom stereocenters. The maximum absolute atomic E-state index is 12.2. The number of anilines is 1. The van der Waals surface area contributed by atoms with Crippen LogP contribution in [0.1, 0.15) is 31.0 Å². The summed E-state index contributed by atoms with van der Waals surface area (Å²) in [5.41, 5.74) is 0.0322. The van der Waals surface area contributed by atoms with Gasteiger partial charge in [-0.2, -0.15) is 5.26 Å². The molecule has 0 saturated carbocycles. The molecule has 138 valence electrons. The molecule has 0 bridgehead atoms. The summed E-state index contributed by atoms with van der Waals surface area (Å²) < 4.78 is 2.26. The fourth-order valence-corrected chi connectivity index (χ4v) is 3.14. The van der Waals surface area contributed by atoms with E-state index in [1.807, 2.05) is 24.3 Å². The van der Waals surface area contributed by atoms with Gasteiger partial charge in [0.15, 0.2) is 5.56 Å². The summed E-state index contributed by atoms with van der Waals surface area (Å²) in [6, 6.07) is 12.0. The molecule has 0 aliphatic heterocycles. The highest BCUT2D eigenvalue weighted by Crippen LogP contribution is 2.21. The van der Waals surface area contributed by atoms with Crippen LogP contribution in [0, 0.1) is 11.3 Å². The first-order valence-electron chi connectivity index (χ1n) is 8.69. The second-order valence-electron chi connectivity index (χ2n) is 6.07. The number of rotatable bonds is 7. The fraction of sp³-hybridized carbons (Fsp3) is 0.421. The molecule has 0 unspecified atom stereocenters. The van der Waals surface area contributed by atoms with Crippen molar-refractivity contribution in [3.63, 3.8) is 0 Å². The van der Waals surface area contributed by atoms with Crippen LogP contribution < -0.4 is 16.6 Å². The number of hydrogen-bond acceptors (Lipinski definition) is 5. The Hall–Kier alpha value is -2.85. The van der Waals surface area contributed by atoms with Crippen molar-refractivity contribution in [2.45, 2.75) is 19.9 Å². The standard InChI is InChI=1S/C19H25N5O2/c1-5-24(6-2)16(14-10-8-7-9-11-14)13-21-17-15(12-20)18(25)23(4)19(26)22(17)3/h7-11,16,21H,5-6,13H2,1-4H3/t16-/m0/s1. The molecule has 0 amide bonds. The molecule has 0 aliphatic carbocycles. The molecule has 1 aromatic carbocycles. The van der Waals surface area contributed by atoms with Gasteiger partial charge in [0.1, 0.15) is 11.9 Å². The molecule has 2 rings (SSSR count). The molecule has 1 N–H and O–H groups in total. The number of hydrogen-bond donors (Lipinski definition) is 1. The summed E-state index contributed by atoms with van der Waals surface area (Å²) in [7, 11) is 2.93. The van der Waals surface area contributed by atoms with Gasteiger partial charge in [-0.15, -0.1) is 0 Å². The average molecular weight is 355 g/mol. The van der Waals surface area contributed by atoms with Crippen LogP contribution in [-0.2, 0) is 14.1 Å². The maximum Gasteiger partial charge on any atom is 0.332 e. The first kappa shape index (κ1) is 19.5. The van der Waals surface area contributed by atoms with E-state index >= 15 is 0 Å². The molecule has 0 radical (unpaired) electrons. The van der Waals surface area contributed by atoms with Crippen LogP contribution in [0.15, 0.2) is 39.9 Å². The first-order chi connectivity index (χ1) is 12.5. The second-order valence-corrected chi connectivity index (χ2v) is 6.07. The van der Waals surface area contributed by atoms with E-state index in [4.69, 9.17) is 0 Å². The Morgan fingerprint density at radius 1 is 1.12 bits per heavy atom. The minimum absolute atomic E-state index is 0.0527. The molecular weight excluding hydrogens is 330 g/mol. The van der Waals surface area contributed by atoms with Gasteiger partial charge in [0.25, 0.3) is 5.56 Å². The fourth-order valence-electron chi connectivity index (χ4n) is 3.14. The third kappa shape index (κ3) is 3.70. The molecule has 26 heavy (non-hydrogen) atoms.